The van der Waals surface area contributed by atoms with E-state index >= 15 is 0 Å². The first-order valence-electron chi connectivity index (χ1n) is 7.47. The molecule has 124 valence electrons. The van der Waals surface area contributed by atoms with Gasteiger partial charge in [0.25, 0.3) is 5.91 Å². The summed E-state index contributed by atoms with van der Waals surface area (Å²) in [5.41, 5.74) is 5.55. The first-order chi connectivity index (χ1) is 11.6. The van der Waals surface area contributed by atoms with Crippen LogP contribution in [0.5, 0.6) is 0 Å². The number of benzene rings is 1. The summed E-state index contributed by atoms with van der Waals surface area (Å²) in [6.45, 7) is 1.96. The van der Waals surface area contributed by atoms with Crippen LogP contribution in [0, 0.1) is 6.92 Å². The molecule has 0 fully saturated rings. The highest BCUT2D eigenvalue weighted by Crippen LogP contribution is 2.26. The van der Waals surface area contributed by atoms with E-state index in [1.54, 1.807) is 5.48 Å². The van der Waals surface area contributed by atoms with Crippen LogP contribution in [0.2, 0.25) is 0 Å². The van der Waals surface area contributed by atoms with Gasteiger partial charge in [0.1, 0.15) is 11.5 Å². The van der Waals surface area contributed by atoms with Crippen LogP contribution in [0.25, 0.3) is 5.65 Å². The number of nitrogens with one attached hydrogen (secondary N) is 2. The van der Waals surface area contributed by atoms with Crippen molar-refractivity contribution in [3.8, 4) is 0 Å². The molecule has 6 nitrogen and oxygen atoms in total. The molecule has 0 aliphatic heterocycles. The lowest BCUT2D eigenvalue weighted by Crippen LogP contribution is -2.27. The molecule has 0 atom stereocenters. The van der Waals surface area contributed by atoms with Gasteiger partial charge >= 0.3 is 0 Å². The molecule has 0 saturated carbocycles. The maximum Gasteiger partial charge on any atom is 0.262 e. The van der Waals surface area contributed by atoms with Crippen LogP contribution < -0.4 is 10.8 Å². The maximum atomic E-state index is 11.3. The Morgan fingerprint density at radius 3 is 2.71 bits per heavy atom. The lowest BCUT2D eigenvalue weighted by molar-refractivity contribution is -0.127. The average molecular weight is 389 g/mol. The number of nitrogens with zero attached hydrogens (tertiary/aromatic N) is 2. The molecule has 24 heavy (non-hydrogen) atoms. The van der Waals surface area contributed by atoms with Crippen LogP contribution in [0.3, 0.4) is 0 Å². The lowest BCUT2D eigenvalue weighted by atomic mass is 10.1. The minimum atomic E-state index is -0.518. The van der Waals surface area contributed by atoms with E-state index in [0.29, 0.717) is 12.2 Å². The fraction of sp³-hybridized carbons (Fsp3) is 0.176. The molecule has 3 N–H and O–H groups in total. The number of carbonyl (C=O) groups excluding carboxylic acids is 1. The molecule has 0 aliphatic rings. The summed E-state index contributed by atoms with van der Waals surface area (Å²) in [5.74, 6) is 0.110. The van der Waals surface area contributed by atoms with Gasteiger partial charge in [-0.15, -0.1) is 0 Å². The predicted octanol–water partition coefficient (Wildman–Crippen LogP) is 2.91. The van der Waals surface area contributed by atoms with Crippen LogP contribution >= 0.6 is 15.9 Å². The van der Waals surface area contributed by atoms with E-state index in [1.165, 1.54) is 0 Å². The van der Waals surface area contributed by atoms with E-state index in [2.05, 4.69) is 42.8 Å². The van der Waals surface area contributed by atoms with Crippen LogP contribution in [-0.2, 0) is 11.2 Å². The molecule has 7 heteroatoms. The van der Waals surface area contributed by atoms with E-state index in [1.807, 2.05) is 37.3 Å². The number of amides is 1. The number of hydrogen-bond donors (Lipinski definition) is 3. The van der Waals surface area contributed by atoms with Gasteiger partial charge in [-0.05, 0) is 40.5 Å². The molecule has 0 unspecified atom stereocenters. The highest BCUT2D eigenvalue weighted by molar-refractivity contribution is 9.10. The third kappa shape index (κ3) is 3.27. The molecule has 0 radical (unpaired) electrons. The van der Waals surface area contributed by atoms with Crippen molar-refractivity contribution in [3.63, 3.8) is 0 Å². The van der Waals surface area contributed by atoms with E-state index in [-0.39, 0.29) is 6.54 Å². The van der Waals surface area contributed by atoms with Crippen molar-refractivity contribution >= 4 is 33.3 Å². The molecule has 3 aromatic rings. The summed E-state index contributed by atoms with van der Waals surface area (Å²) in [5, 5.41) is 11.7. The third-order valence-corrected chi connectivity index (χ3v) is 4.65. The largest absolute Gasteiger partial charge is 0.359 e. The summed E-state index contributed by atoms with van der Waals surface area (Å²) in [6.07, 6.45) is 0.669. The summed E-state index contributed by atoms with van der Waals surface area (Å²) in [6, 6.07) is 13.9. The Labute approximate surface area is 147 Å². The summed E-state index contributed by atoms with van der Waals surface area (Å²) < 4.78 is 3.05. The van der Waals surface area contributed by atoms with Crippen LogP contribution in [-0.4, -0.2) is 27.0 Å². The number of imidazole rings is 1. The highest BCUT2D eigenvalue weighted by Gasteiger charge is 2.16. The normalized spacial score (nSPS) is 10.8. The molecular formula is C17H17BrN4O2. The van der Waals surface area contributed by atoms with Gasteiger partial charge in [0.15, 0.2) is 0 Å². The van der Waals surface area contributed by atoms with Gasteiger partial charge in [-0.1, -0.05) is 30.3 Å². The van der Waals surface area contributed by atoms with Crippen LogP contribution in [0.1, 0.15) is 17.0 Å². The summed E-state index contributed by atoms with van der Waals surface area (Å²) in [7, 11) is 0. The van der Waals surface area contributed by atoms with Crippen molar-refractivity contribution in [2.24, 2.45) is 0 Å². The Balaban J connectivity index is 2.07. The van der Waals surface area contributed by atoms with Gasteiger partial charge in [0, 0.05) is 16.6 Å². The van der Waals surface area contributed by atoms with E-state index in [9.17, 15) is 4.79 Å². The Morgan fingerprint density at radius 2 is 2.00 bits per heavy atom. The molecule has 1 amide bonds. The Bertz CT molecular complexity index is 877. The quantitative estimate of drug-likeness (QED) is 0.463. The summed E-state index contributed by atoms with van der Waals surface area (Å²) >= 11 is 3.55. The highest BCUT2D eigenvalue weighted by atomic mass is 79.9. The standard InChI is InChI=1S/C17H17BrN4O2/c1-11-13(18)7-8-15-20-17(19-10-16(23)21-24)14(22(11)15)9-12-5-3-2-4-6-12/h2-8,19,24H,9-10H2,1H3,(H,21,23). The fourth-order valence-corrected chi connectivity index (χ4v) is 2.94. The van der Waals surface area contributed by atoms with E-state index in [4.69, 9.17) is 5.21 Å². The fourth-order valence-electron chi connectivity index (χ4n) is 2.63. The number of pyridine rings is 1. The second-order valence-corrected chi connectivity index (χ2v) is 6.27. The Kier molecular flexibility index (Phi) is 4.82. The Hall–Kier alpha value is -2.38. The molecular weight excluding hydrogens is 372 g/mol. The zero-order valence-electron chi connectivity index (χ0n) is 13.1. The molecule has 3 rings (SSSR count). The number of carbonyl (C=O) groups is 1. The van der Waals surface area contributed by atoms with Crippen LogP contribution in [0.4, 0.5) is 5.82 Å². The van der Waals surface area contributed by atoms with Gasteiger partial charge in [0.05, 0.1) is 12.2 Å². The number of halogens is 1. The van der Waals surface area contributed by atoms with Crippen molar-refractivity contribution in [1.29, 1.82) is 0 Å². The summed E-state index contributed by atoms with van der Waals surface area (Å²) in [4.78, 5) is 15.9. The maximum absolute atomic E-state index is 11.3. The molecule has 0 saturated heterocycles. The Morgan fingerprint density at radius 1 is 1.25 bits per heavy atom. The SMILES string of the molecule is Cc1c(Br)ccc2nc(NCC(=O)NO)c(Cc3ccccc3)n12. The minimum Gasteiger partial charge on any atom is -0.359 e. The molecule has 0 aliphatic carbocycles. The number of rotatable bonds is 5. The first-order valence-corrected chi connectivity index (χ1v) is 8.26. The van der Waals surface area contributed by atoms with Crippen molar-refractivity contribution in [2.75, 3.05) is 11.9 Å². The van der Waals surface area contributed by atoms with Gasteiger partial charge in [-0.25, -0.2) is 10.5 Å². The van der Waals surface area contributed by atoms with E-state index in [0.717, 1.165) is 27.1 Å². The van der Waals surface area contributed by atoms with Crippen molar-refractivity contribution in [1.82, 2.24) is 14.9 Å². The smallest absolute Gasteiger partial charge is 0.262 e. The number of anilines is 1. The molecule has 2 heterocycles. The number of aromatic nitrogens is 2. The average Bonchev–Trinajstić information content (AvgIpc) is 2.95. The molecule has 1 aromatic carbocycles. The zero-order valence-corrected chi connectivity index (χ0v) is 14.7. The van der Waals surface area contributed by atoms with Gasteiger partial charge in [-0.2, -0.15) is 0 Å². The monoisotopic (exact) mass is 388 g/mol. The number of hydroxylamine groups is 1. The van der Waals surface area contributed by atoms with Gasteiger partial charge in [0.2, 0.25) is 0 Å². The minimum absolute atomic E-state index is 0.0532. The van der Waals surface area contributed by atoms with Crippen molar-refractivity contribution in [3.05, 3.63) is 63.9 Å². The van der Waals surface area contributed by atoms with Gasteiger partial charge in [-0.3, -0.25) is 14.4 Å². The van der Waals surface area contributed by atoms with E-state index < -0.39 is 5.91 Å². The third-order valence-electron chi connectivity index (χ3n) is 3.81. The van der Waals surface area contributed by atoms with Gasteiger partial charge < -0.3 is 5.32 Å². The number of hydrogen-bond acceptors (Lipinski definition) is 4. The predicted molar refractivity (Wildman–Crippen MR) is 95.3 cm³/mol. The number of aryl methyl sites for hydroxylation is 1. The topological polar surface area (TPSA) is 78.7 Å². The first kappa shape index (κ1) is 16.5. The lowest BCUT2D eigenvalue weighted by Gasteiger charge is -2.10. The second kappa shape index (κ2) is 7.02. The van der Waals surface area contributed by atoms with Crippen LogP contribution in [0.15, 0.2) is 46.9 Å². The molecule has 2 aromatic heterocycles. The second-order valence-electron chi connectivity index (χ2n) is 5.42. The zero-order chi connectivity index (χ0) is 17.1. The molecule has 0 bridgehead atoms. The molecule has 0 spiro atoms. The van der Waals surface area contributed by atoms with Crippen molar-refractivity contribution < 1.29 is 10.0 Å². The number of fused-ring (bicyclic) bond motifs is 1. The van der Waals surface area contributed by atoms with Crippen molar-refractivity contribution in [2.45, 2.75) is 13.3 Å².